The van der Waals surface area contributed by atoms with Crippen molar-refractivity contribution in [2.24, 2.45) is 5.41 Å². The van der Waals surface area contributed by atoms with Gasteiger partial charge in [-0.05, 0) is 23.1 Å². The number of nitrogens with one attached hydrogen (secondary N) is 3. The second-order valence-corrected chi connectivity index (χ2v) is 7.09. The van der Waals surface area contributed by atoms with Gasteiger partial charge >= 0.3 is 0 Å². The highest BCUT2D eigenvalue weighted by Gasteiger charge is 2.20. The number of amides is 2. The van der Waals surface area contributed by atoms with Gasteiger partial charge in [0.15, 0.2) is 0 Å². The summed E-state index contributed by atoms with van der Waals surface area (Å²) in [7, 11) is 0. The van der Waals surface area contributed by atoms with Crippen molar-refractivity contribution in [3.05, 3.63) is 34.9 Å². The molecule has 1 aromatic rings. The molecule has 0 saturated heterocycles. The van der Waals surface area contributed by atoms with Crippen LogP contribution in [0.25, 0.3) is 0 Å². The largest absolute Gasteiger partial charge is 0.356 e. The second-order valence-electron chi connectivity index (χ2n) is 7.09. The van der Waals surface area contributed by atoms with Crippen LogP contribution in [-0.2, 0) is 29.2 Å². The summed E-state index contributed by atoms with van der Waals surface area (Å²) in [6, 6.07) is 6.34. The molecule has 0 unspecified atom stereocenters. The Hall–Kier alpha value is -1.59. The summed E-state index contributed by atoms with van der Waals surface area (Å²) in [6.45, 7) is 8.56. The van der Waals surface area contributed by atoms with Gasteiger partial charge in [0.25, 0.3) is 0 Å². The Morgan fingerprint density at radius 1 is 1.12 bits per heavy atom. The molecule has 1 aliphatic rings. The maximum absolute atomic E-state index is 11.9. The topological polar surface area (TPSA) is 70.2 Å². The monoisotopic (exact) mass is 353 g/mol. The van der Waals surface area contributed by atoms with Crippen LogP contribution in [0.15, 0.2) is 18.2 Å². The molecule has 0 fully saturated rings. The molecule has 0 aromatic heterocycles. The SMILES string of the molecule is CC(C)(C)C(=O)NCCCC(=O)NCc1ccc2c(c1)CNC2.Cl. The lowest BCUT2D eigenvalue weighted by Crippen LogP contribution is -2.35. The van der Waals surface area contributed by atoms with Crippen molar-refractivity contribution < 1.29 is 9.59 Å². The predicted molar refractivity (Wildman–Crippen MR) is 97.8 cm³/mol. The molecule has 2 amide bonds. The van der Waals surface area contributed by atoms with E-state index in [0.29, 0.717) is 25.9 Å². The van der Waals surface area contributed by atoms with Crippen LogP contribution in [0.5, 0.6) is 0 Å². The third-order valence-electron chi connectivity index (χ3n) is 3.94. The van der Waals surface area contributed by atoms with E-state index in [1.54, 1.807) is 0 Å². The summed E-state index contributed by atoms with van der Waals surface area (Å²) in [6.07, 6.45) is 1.08. The van der Waals surface area contributed by atoms with Gasteiger partial charge in [0.1, 0.15) is 0 Å². The van der Waals surface area contributed by atoms with E-state index in [9.17, 15) is 9.59 Å². The van der Waals surface area contributed by atoms with E-state index in [-0.39, 0.29) is 29.6 Å². The molecule has 1 aliphatic heterocycles. The van der Waals surface area contributed by atoms with Gasteiger partial charge in [-0.1, -0.05) is 39.0 Å². The fourth-order valence-electron chi connectivity index (χ4n) is 2.46. The quantitative estimate of drug-likeness (QED) is 0.687. The van der Waals surface area contributed by atoms with Crippen molar-refractivity contribution in [1.29, 1.82) is 0 Å². The average Bonchev–Trinajstić information content (AvgIpc) is 2.95. The van der Waals surface area contributed by atoms with E-state index >= 15 is 0 Å². The first-order valence-electron chi connectivity index (χ1n) is 8.22. The summed E-state index contributed by atoms with van der Waals surface area (Å²) in [4.78, 5) is 23.6. The van der Waals surface area contributed by atoms with E-state index in [2.05, 4.69) is 34.1 Å². The van der Waals surface area contributed by atoms with Crippen molar-refractivity contribution in [2.45, 2.75) is 53.2 Å². The first-order valence-corrected chi connectivity index (χ1v) is 8.22. The van der Waals surface area contributed by atoms with E-state index in [1.807, 2.05) is 20.8 Å². The lowest BCUT2D eigenvalue weighted by Gasteiger charge is -2.17. The van der Waals surface area contributed by atoms with Gasteiger partial charge in [-0.2, -0.15) is 0 Å². The van der Waals surface area contributed by atoms with Crippen LogP contribution < -0.4 is 16.0 Å². The third kappa shape index (κ3) is 6.13. The number of hydrogen-bond donors (Lipinski definition) is 3. The first kappa shape index (κ1) is 20.5. The molecule has 2 rings (SSSR count). The molecule has 0 atom stereocenters. The lowest BCUT2D eigenvalue weighted by atomic mass is 9.96. The van der Waals surface area contributed by atoms with Crippen molar-refractivity contribution in [1.82, 2.24) is 16.0 Å². The van der Waals surface area contributed by atoms with Crippen LogP contribution in [0.3, 0.4) is 0 Å². The van der Waals surface area contributed by atoms with Crippen LogP contribution >= 0.6 is 12.4 Å². The summed E-state index contributed by atoms with van der Waals surface area (Å²) in [5.41, 5.74) is 3.41. The highest BCUT2D eigenvalue weighted by Crippen LogP contribution is 2.17. The summed E-state index contributed by atoms with van der Waals surface area (Å²) in [5.74, 6) is 0.0401. The Morgan fingerprint density at radius 3 is 2.54 bits per heavy atom. The average molecular weight is 354 g/mol. The highest BCUT2D eigenvalue weighted by molar-refractivity contribution is 5.85. The van der Waals surface area contributed by atoms with Crippen LogP contribution in [-0.4, -0.2) is 18.4 Å². The number of halogens is 1. The molecule has 0 radical (unpaired) electrons. The highest BCUT2D eigenvalue weighted by atomic mass is 35.5. The zero-order chi connectivity index (χ0) is 16.9. The zero-order valence-corrected chi connectivity index (χ0v) is 15.5. The summed E-state index contributed by atoms with van der Waals surface area (Å²) >= 11 is 0. The summed E-state index contributed by atoms with van der Waals surface area (Å²) < 4.78 is 0. The van der Waals surface area contributed by atoms with E-state index in [4.69, 9.17) is 0 Å². The van der Waals surface area contributed by atoms with Crippen molar-refractivity contribution in [2.75, 3.05) is 6.54 Å². The Bertz CT molecular complexity index is 582. The zero-order valence-electron chi connectivity index (χ0n) is 14.7. The number of rotatable bonds is 6. The molecule has 1 aromatic carbocycles. The second kappa shape index (κ2) is 9.04. The van der Waals surface area contributed by atoms with Gasteiger partial charge in [0.05, 0.1) is 0 Å². The van der Waals surface area contributed by atoms with E-state index < -0.39 is 0 Å². The fourth-order valence-corrected chi connectivity index (χ4v) is 2.46. The van der Waals surface area contributed by atoms with Crippen molar-refractivity contribution in [3.63, 3.8) is 0 Å². The van der Waals surface area contributed by atoms with Crippen LogP contribution in [0, 0.1) is 5.41 Å². The molecule has 0 saturated carbocycles. The van der Waals surface area contributed by atoms with Crippen molar-refractivity contribution >= 4 is 24.2 Å². The maximum Gasteiger partial charge on any atom is 0.225 e. The van der Waals surface area contributed by atoms with Gasteiger partial charge < -0.3 is 16.0 Å². The lowest BCUT2D eigenvalue weighted by molar-refractivity contribution is -0.128. The number of benzene rings is 1. The minimum absolute atomic E-state index is 0. The number of fused-ring (bicyclic) bond motifs is 1. The van der Waals surface area contributed by atoms with Gasteiger partial charge in [0.2, 0.25) is 11.8 Å². The normalized spacial score (nSPS) is 13.0. The van der Waals surface area contributed by atoms with E-state index in [1.165, 1.54) is 11.1 Å². The Labute approximate surface area is 150 Å². The molecule has 24 heavy (non-hydrogen) atoms. The Kier molecular flexibility index (Phi) is 7.70. The predicted octanol–water partition coefficient (Wildman–Crippen LogP) is 2.27. The molecule has 6 heteroatoms. The minimum atomic E-state index is -0.384. The molecule has 0 aliphatic carbocycles. The molecule has 5 nitrogen and oxygen atoms in total. The molecule has 3 N–H and O–H groups in total. The number of carbonyl (C=O) groups excluding carboxylic acids is 2. The fraction of sp³-hybridized carbons (Fsp3) is 0.556. The van der Waals surface area contributed by atoms with Crippen LogP contribution in [0.1, 0.15) is 50.3 Å². The molecule has 1 heterocycles. The summed E-state index contributed by atoms with van der Waals surface area (Å²) in [5, 5.41) is 9.10. The first-order chi connectivity index (χ1) is 10.9. The van der Waals surface area contributed by atoms with Gasteiger partial charge in [0, 0.05) is 38.0 Å². The number of hydrogen-bond acceptors (Lipinski definition) is 3. The molecule has 0 bridgehead atoms. The van der Waals surface area contributed by atoms with Crippen LogP contribution in [0.2, 0.25) is 0 Å². The third-order valence-corrected chi connectivity index (χ3v) is 3.94. The van der Waals surface area contributed by atoms with Gasteiger partial charge in [-0.25, -0.2) is 0 Å². The Morgan fingerprint density at radius 2 is 1.83 bits per heavy atom. The van der Waals surface area contributed by atoms with Crippen molar-refractivity contribution in [3.8, 4) is 0 Å². The number of carbonyl (C=O) groups is 2. The van der Waals surface area contributed by atoms with Gasteiger partial charge in [-0.3, -0.25) is 9.59 Å². The Balaban J connectivity index is 0.00000288. The molecule has 134 valence electrons. The minimum Gasteiger partial charge on any atom is -0.356 e. The smallest absolute Gasteiger partial charge is 0.225 e. The van der Waals surface area contributed by atoms with Gasteiger partial charge in [-0.15, -0.1) is 12.4 Å². The molecule has 0 spiro atoms. The van der Waals surface area contributed by atoms with E-state index in [0.717, 1.165) is 18.7 Å². The maximum atomic E-state index is 11.9. The molecular weight excluding hydrogens is 326 g/mol. The molecular formula is C18H28ClN3O2. The standard InChI is InChI=1S/C18H27N3O2.ClH/c1-18(2,3)17(23)20-8-4-5-16(22)21-10-13-6-7-14-11-19-12-15(14)9-13;/h6-7,9,19H,4-5,8,10-12H2,1-3H3,(H,20,23)(H,21,22);1H. The van der Waals surface area contributed by atoms with Crippen LogP contribution in [0.4, 0.5) is 0 Å².